The van der Waals surface area contributed by atoms with Crippen molar-refractivity contribution in [1.82, 2.24) is 15.0 Å². The minimum atomic E-state index is -0.527. The third-order valence-electron chi connectivity index (χ3n) is 3.69. The van der Waals surface area contributed by atoms with E-state index in [4.69, 9.17) is 4.74 Å². The number of hydrogen-bond acceptors (Lipinski definition) is 5. The highest BCUT2D eigenvalue weighted by Crippen LogP contribution is 2.18. The van der Waals surface area contributed by atoms with E-state index in [1.807, 2.05) is 30.3 Å². The fourth-order valence-electron chi connectivity index (χ4n) is 2.41. The number of esters is 1. The number of carbonyl (C=O) groups is 2. The van der Waals surface area contributed by atoms with E-state index >= 15 is 0 Å². The molecular formula is C18H16N4O3. The summed E-state index contributed by atoms with van der Waals surface area (Å²) in [5.74, 6) is -0.975. The van der Waals surface area contributed by atoms with E-state index in [0.717, 1.165) is 5.69 Å². The largest absolute Gasteiger partial charge is 0.465 e. The van der Waals surface area contributed by atoms with Crippen LogP contribution in [-0.2, 0) is 4.74 Å². The monoisotopic (exact) mass is 336 g/mol. The Morgan fingerprint density at radius 1 is 1.04 bits per heavy atom. The molecule has 0 bridgehead atoms. The highest BCUT2D eigenvalue weighted by atomic mass is 16.5. The first kappa shape index (κ1) is 16.4. The molecule has 0 saturated carbocycles. The Morgan fingerprint density at radius 2 is 1.72 bits per heavy atom. The zero-order valence-corrected chi connectivity index (χ0v) is 13.8. The highest BCUT2D eigenvalue weighted by Gasteiger charge is 2.20. The lowest BCUT2D eigenvalue weighted by atomic mass is 10.1. The predicted octanol–water partition coefficient (Wildman–Crippen LogP) is 2.61. The number of rotatable bonds is 4. The molecule has 0 aliphatic rings. The lowest BCUT2D eigenvalue weighted by Crippen LogP contribution is -2.17. The van der Waals surface area contributed by atoms with Crippen LogP contribution in [0.25, 0.3) is 5.69 Å². The zero-order chi connectivity index (χ0) is 17.8. The van der Waals surface area contributed by atoms with E-state index in [1.165, 1.54) is 7.11 Å². The van der Waals surface area contributed by atoms with Crippen molar-refractivity contribution in [2.24, 2.45) is 0 Å². The number of nitrogens with one attached hydrogen (secondary N) is 1. The van der Waals surface area contributed by atoms with Gasteiger partial charge in [0.05, 0.1) is 29.7 Å². The normalized spacial score (nSPS) is 10.3. The van der Waals surface area contributed by atoms with E-state index in [9.17, 15) is 9.59 Å². The fourth-order valence-corrected chi connectivity index (χ4v) is 2.41. The Labute approximate surface area is 144 Å². The molecule has 3 aromatic rings. The van der Waals surface area contributed by atoms with Gasteiger partial charge in [-0.3, -0.25) is 4.79 Å². The smallest absolute Gasteiger partial charge is 0.339 e. The first-order chi connectivity index (χ1) is 12.1. The number of hydrogen-bond donors (Lipinski definition) is 1. The van der Waals surface area contributed by atoms with Gasteiger partial charge >= 0.3 is 5.97 Å². The fraction of sp³-hybridized carbons (Fsp3) is 0.111. The Kier molecular flexibility index (Phi) is 4.56. The van der Waals surface area contributed by atoms with Gasteiger partial charge < -0.3 is 10.1 Å². The second kappa shape index (κ2) is 6.96. The summed E-state index contributed by atoms with van der Waals surface area (Å²) in [7, 11) is 1.29. The molecule has 0 unspecified atom stereocenters. The summed E-state index contributed by atoms with van der Waals surface area (Å²) in [6, 6.07) is 16.0. The molecule has 126 valence electrons. The third kappa shape index (κ3) is 3.25. The number of amides is 1. The molecule has 7 heteroatoms. The van der Waals surface area contributed by atoms with Crippen LogP contribution >= 0.6 is 0 Å². The maximum Gasteiger partial charge on any atom is 0.339 e. The third-order valence-corrected chi connectivity index (χ3v) is 3.69. The molecule has 0 aliphatic heterocycles. The van der Waals surface area contributed by atoms with E-state index in [1.54, 1.807) is 35.9 Å². The van der Waals surface area contributed by atoms with Crippen molar-refractivity contribution >= 4 is 17.6 Å². The first-order valence-electron chi connectivity index (χ1n) is 7.58. The van der Waals surface area contributed by atoms with Gasteiger partial charge in [-0.15, -0.1) is 5.10 Å². The zero-order valence-electron chi connectivity index (χ0n) is 13.8. The Balaban J connectivity index is 1.89. The van der Waals surface area contributed by atoms with Crippen molar-refractivity contribution in [1.29, 1.82) is 0 Å². The molecule has 0 aliphatic carbocycles. The second-order valence-corrected chi connectivity index (χ2v) is 5.26. The molecule has 1 amide bonds. The molecular weight excluding hydrogens is 320 g/mol. The lowest BCUT2D eigenvalue weighted by Gasteiger charge is -2.09. The number of aromatic nitrogens is 3. The molecule has 1 N–H and O–H groups in total. The van der Waals surface area contributed by atoms with Crippen LogP contribution in [0.5, 0.6) is 0 Å². The number of methoxy groups -OCH3 is 1. The molecule has 7 nitrogen and oxygen atoms in total. The van der Waals surface area contributed by atoms with Crippen molar-refractivity contribution in [2.75, 3.05) is 12.4 Å². The Bertz CT molecular complexity index is 919. The summed E-state index contributed by atoms with van der Waals surface area (Å²) in [5.41, 5.74) is 2.21. The van der Waals surface area contributed by atoms with E-state index < -0.39 is 11.9 Å². The van der Waals surface area contributed by atoms with Gasteiger partial charge in [0.15, 0.2) is 5.69 Å². The van der Waals surface area contributed by atoms with Crippen LogP contribution in [0.3, 0.4) is 0 Å². The highest BCUT2D eigenvalue weighted by molar-refractivity contribution is 6.07. The van der Waals surface area contributed by atoms with Crippen molar-refractivity contribution < 1.29 is 14.3 Å². The Hall–Kier alpha value is -3.48. The average molecular weight is 336 g/mol. The van der Waals surface area contributed by atoms with Crippen molar-refractivity contribution in [3.05, 3.63) is 71.5 Å². The van der Waals surface area contributed by atoms with Crippen LogP contribution in [0.2, 0.25) is 0 Å². The molecule has 25 heavy (non-hydrogen) atoms. The van der Waals surface area contributed by atoms with E-state index in [-0.39, 0.29) is 11.3 Å². The molecule has 3 rings (SSSR count). The lowest BCUT2D eigenvalue weighted by molar-refractivity contribution is 0.0602. The summed E-state index contributed by atoms with van der Waals surface area (Å²) in [6.07, 6.45) is 0. The van der Waals surface area contributed by atoms with Crippen LogP contribution in [-0.4, -0.2) is 34.0 Å². The van der Waals surface area contributed by atoms with Crippen LogP contribution in [0.4, 0.5) is 5.69 Å². The van der Waals surface area contributed by atoms with Gasteiger partial charge in [-0.2, -0.15) is 0 Å². The molecule has 1 aromatic heterocycles. The number of benzene rings is 2. The second-order valence-electron chi connectivity index (χ2n) is 5.26. The maximum atomic E-state index is 12.6. The molecule has 0 spiro atoms. The van der Waals surface area contributed by atoms with Crippen LogP contribution in [0.15, 0.2) is 54.6 Å². The topological polar surface area (TPSA) is 86.1 Å². The molecule has 2 aromatic carbocycles. The van der Waals surface area contributed by atoms with Gasteiger partial charge in [0, 0.05) is 0 Å². The van der Waals surface area contributed by atoms with E-state index in [2.05, 4.69) is 15.6 Å². The minimum Gasteiger partial charge on any atom is -0.465 e. The van der Waals surface area contributed by atoms with Crippen LogP contribution in [0.1, 0.15) is 26.5 Å². The number of ether oxygens (including phenoxy) is 1. The van der Waals surface area contributed by atoms with Gasteiger partial charge in [-0.05, 0) is 31.2 Å². The number of nitrogens with zero attached hydrogens (tertiary/aromatic N) is 3. The van der Waals surface area contributed by atoms with Gasteiger partial charge in [0.1, 0.15) is 0 Å². The molecule has 0 atom stereocenters. The van der Waals surface area contributed by atoms with Gasteiger partial charge in [-0.25, -0.2) is 9.48 Å². The molecule has 1 heterocycles. The summed E-state index contributed by atoms with van der Waals surface area (Å²) in [6.45, 7) is 1.76. The van der Waals surface area contributed by atoms with Gasteiger partial charge in [-0.1, -0.05) is 35.5 Å². The molecule has 0 saturated heterocycles. The van der Waals surface area contributed by atoms with Gasteiger partial charge in [0.2, 0.25) is 0 Å². The summed E-state index contributed by atoms with van der Waals surface area (Å²) in [4.78, 5) is 24.4. The first-order valence-corrected chi connectivity index (χ1v) is 7.58. The van der Waals surface area contributed by atoms with Crippen LogP contribution < -0.4 is 5.32 Å². The van der Waals surface area contributed by atoms with Gasteiger partial charge in [0.25, 0.3) is 5.91 Å². The number of para-hydroxylation sites is 2. The summed E-state index contributed by atoms with van der Waals surface area (Å²) in [5, 5.41) is 10.7. The van der Waals surface area contributed by atoms with Crippen LogP contribution in [0, 0.1) is 6.92 Å². The maximum absolute atomic E-state index is 12.6. The Morgan fingerprint density at radius 3 is 2.44 bits per heavy atom. The quantitative estimate of drug-likeness (QED) is 0.740. The molecule has 0 radical (unpaired) electrons. The number of anilines is 1. The predicted molar refractivity (Wildman–Crippen MR) is 91.8 cm³/mol. The SMILES string of the molecule is COC(=O)c1ccccc1NC(=O)c1nnn(-c2ccccc2)c1C. The summed E-state index contributed by atoms with van der Waals surface area (Å²) < 4.78 is 6.31. The number of carbonyl (C=O) groups excluding carboxylic acids is 2. The van der Waals surface area contributed by atoms with Crippen molar-refractivity contribution in [3.8, 4) is 5.69 Å². The standard InChI is InChI=1S/C18H16N4O3/c1-12-16(20-21-22(12)13-8-4-3-5-9-13)17(23)19-15-11-7-6-10-14(15)18(24)25-2/h3-11H,1-2H3,(H,19,23). The van der Waals surface area contributed by atoms with Crippen molar-refractivity contribution in [3.63, 3.8) is 0 Å². The van der Waals surface area contributed by atoms with Crippen molar-refractivity contribution in [2.45, 2.75) is 6.92 Å². The van der Waals surface area contributed by atoms with E-state index in [0.29, 0.717) is 11.4 Å². The summed E-state index contributed by atoms with van der Waals surface area (Å²) >= 11 is 0. The molecule has 0 fully saturated rings. The minimum absolute atomic E-state index is 0.184. The average Bonchev–Trinajstić information content (AvgIpc) is 3.04.